The van der Waals surface area contributed by atoms with Crippen LogP contribution in [-0.2, 0) is 14.9 Å². The topological polar surface area (TPSA) is 45.3 Å². The van der Waals surface area contributed by atoms with E-state index in [1.807, 2.05) is 32.0 Å². The second-order valence-electron chi connectivity index (χ2n) is 8.66. The number of anilines is 1. The van der Waals surface area contributed by atoms with E-state index in [9.17, 15) is 4.79 Å². The van der Waals surface area contributed by atoms with E-state index in [0.29, 0.717) is 0 Å². The fourth-order valence-corrected chi connectivity index (χ4v) is 4.08. The van der Waals surface area contributed by atoms with E-state index in [1.165, 1.54) is 18.2 Å². The van der Waals surface area contributed by atoms with Crippen LogP contribution in [0.5, 0.6) is 0 Å². The molecule has 0 radical (unpaired) electrons. The van der Waals surface area contributed by atoms with Crippen LogP contribution in [0.2, 0.25) is 0 Å². The zero-order valence-electron chi connectivity index (χ0n) is 19.0. The Labute approximate surface area is 175 Å². The van der Waals surface area contributed by atoms with Crippen molar-refractivity contribution in [3.63, 3.8) is 0 Å². The molecule has 4 nitrogen and oxygen atoms in total. The summed E-state index contributed by atoms with van der Waals surface area (Å²) >= 11 is 0. The number of carbonyl (C=O) groups excluding carboxylic acids is 1. The van der Waals surface area contributed by atoms with Crippen molar-refractivity contribution in [3.8, 4) is 0 Å². The molecule has 0 aliphatic rings. The second kappa shape index (κ2) is 9.34. The predicted molar refractivity (Wildman–Crippen MR) is 124 cm³/mol. The lowest BCUT2D eigenvalue weighted by molar-refractivity contribution is -0.143. The maximum Gasteiger partial charge on any atom is 0.328 e. The summed E-state index contributed by atoms with van der Waals surface area (Å²) in [7, 11) is 3.41. The number of nitrogens with one attached hydrogen (secondary N) is 1. The molecule has 0 saturated heterocycles. The monoisotopic (exact) mass is 396 g/mol. The van der Waals surface area contributed by atoms with Gasteiger partial charge in [0.15, 0.2) is 0 Å². The van der Waals surface area contributed by atoms with Gasteiger partial charge in [-0.3, -0.25) is 0 Å². The molecule has 29 heavy (non-hydrogen) atoms. The SMILES string of the molecule is C=CC(C)(CCC=C(C)C)c1ccc(N(C)[C@H](C(=O)OC)C(C)C)c2cc[nH]c12. The number of hydrogen-bond donors (Lipinski definition) is 1. The molecule has 0 aliphatic heterocycles. The number of carbonyl (C=O) groups is 1. The zero-order chi connectivity index (χ0) is 21.8. The number of benzene rings is 1. The van der Waals surface area contributed by atoms with Gasteiger partial charge in [-0.1, -0.05) is 44.6 Å². The summed E-state index contributed by atoms with van der Waals surface area (Å²) in [6, 6.07) is 6.03. The van der Waals surface area contributed by atoms with Crippen molar-refractivity contribution in [3.05, 3.63) is 54.3 Å². The Kier molecular flexibility index (Phi) is 7.34. The molecule has 0 amide bonds. The minimum atomic E-state index is -0.340. The Morgan fingerprint density at radius 2 is 2.00 bits per heavy atom. The first-order valence-corrected chi connectivity index (χ1v) is 10.3. The van der Waals surface area contributed by atoms with E-state index >= 15 is 0 Å². The first-order valence-electron chi connectivity index (χ1n) is 10.3. The Hall–Kier alpha value is -2.49. The third kappa shape index (κ3) is 4.75. The molecule has 0 fully saturated rings. The van der Waals surface area contributed by atoms with Crippen molar-refractivity contribution in [1.29, 1.82) is 0 Å². The van der Waals surface area contributed by atoms with Gasteiger partial charge in [-0.2, -0.15) is 0 Å². The lowest BCUT2D eigenvalue weighted by atomic mass is 9.77. The average Bonchev–Trinajstić information content (AvgIpc) is 3.15. The molecule has 2 rings (SSSR count). The van der Waals surface area contributed by atoms with Crippen LogP contribution in [-0.4, -0.2) is 31.2 Å². The molecule has 4 heteroatoms. The van der Waals surface area contributed by atoms with Crippen molar-refractivity contribution in [2.75, 3.05) is 19.1 Å². The van der Waals surface area contributed by atoms with Gasteiger partial charge in [-0.15, -0.1) is 6.58 Å². The van der Waals surface area contributed by atoms with Crippen molar-refractivity contribution < 1.29 is 9.53 Å². The summed E-state index contributed by atoms with van der Waals surface area (Å²) in [5.74, 6) is -0.0865. The molecule has 1 aromatic carbocycles. The highest BCUT2D eigenvalue weighted by molar-refractivity contribution is 5.97. The summed E-state index contributed by atoms with van der Waals surface area (Å²) in [5, 5.41) is 1.11. The van der Waals surface area contributed by atoms with Crippen LogP contribution in [0.25, 0.3) is 10.9 Å². The molecule has 1 aromatic heterocycles. The largest absolute Gasteiger partial charge is 0.467 e. The average molecular weight is 397 g/mol. The van der Waals surface area contributed by atoms with Crippen LogP contribution in [0.4, 0.5) is 5.69 Å². The summed E-state index contributed by atoms with van der Waals surface area (Å²) in [4.78, 5) is 17.9. The van der Waals surface area contributed by atoms with Gasteiger partial charge in [-0.05, 0) is 50.3 Å². The molecule has 0 aliphatic carbocycles. The smallest absolute Gasteiger partial charge is 0.328 e. The van der Waals surface area contributed by atoms with E-state index in [2.05, 4.69) is 62.7 Å². The predicted octanol–water partition coefficient (Wildman–Crippen LogP) is 5.99. The van der Waals surface area contributed by atoms with Gasteiger partial charge in [-0.25, -0.2) is 4.79 Å². The normalized spacial score (nSPS) is 14.3. The third-order valence-corrected chi connectivity index (χ3v) is 5.85. The number of fused-ring (bicyclic) bond motifs is 1. The number of esters is 1. The van der Waals surface area contributed by atoms with Crippen LogP contribution in [0.3, 0.4) is 0 Å². The van der Waals surface area contributed by atoms with Crippen LogP contribution in [0, 0.1) is 5.92 Å². The molecule has 0 saturated carbocycles. The quantitative estimate of drug-likeness (QED) is 0.418. The fourth-order valence-electron chi connectivity index (χ4n) is 4.08. The fraction of sp³-hybridized carbons (Fsp3) is 0.480. The number of hydrogen-bond acceptors (Lipinski definition) is 3. The summed E-state index contributed by atoms with van der Waals surface area (Å²) < 4.78 is 5.06. The first kappa shape index (κ1) is 22.8. The van der Waals surface area contributed by atoms with Crippen LogP contribution >= 0.6 is 0 Å². The maximum atomic E-state index is 12.4. The number of aromatic nitrogens is 1. The van der Waals surface area contributed by atoms with Crippen molar-refractivity contribution >= 4 is 22.6 Å². The molecular formula is C25H36N2O2. The minimum Gasteiger partial charge on any atom is -0.467 e. The summed E-state index contributed by atoms with van der Waals surface area (Å²) in [6.07, 6.45) is 8.29. The molecule has 1 N–H and O–H groups in total. The highest BCUT2D eigenvalue weighted by Gasteiger charge is 2.31. The van der Waals surface area contributed by atoms with E-state index < -0.39 is 0 Å². The lowest BCUT2D eigenvalue weighted by Gasteiger charge is -2.33. The van der Waals surface area contributed by atoms with Crippen LogP contribution in [0.1, 0.15) is 53.0 Å². The summed E-state index contributed by atoms with van der Waals surface area (Å²) in [5.41, 5.74) is 4.53. The number of aromatic amines is 1. The molecule has 2 atom stereocenters. The number of rotatable bonds is 9. The van der Waals surface area contributed by atoms with Gasteiger partial charge in [0.25, 0.3) is 0 Å². The van der Waals surface area contributed by atoms with Crippen LogP contribution in [0.15, 0.2) is 48.7 Å². The van der Waals surface area contributed by atoms with E-state index in [0.717, 1.165) is 29.4 Å². The molecule has 158 valence electrons. The standard InChI is InChI=1S/C25H36N2O2/c1-9-25(6,15-10-11-17(2)3)20-12-13-21(19-14-16-26-22(19)20)27(7)23(18(4)5)24(28)29-8/h9,11-14,16,18,23,26H,1,10,15H2,2-8H3/t23-,25?/m0/s1. The van der Waals surface area contributed by atoms with Gasteiger partial charge >= 0.3 is 5.97 Å². The Morgan fingerprint density at radius 1 is 1.31 bits per heavy atom. The Bertz CT molecular complexity index is 889. The maximum absolute atomic E-state index is 12.4. The number of ether oxygens (including phenoxy) is 1. The Balaban J connectivity index is 2.52. The molecule has 1 heterocycles. The molecule has 0 spiro atoms. The van der Waals surface area contributed by atoms with Gasteiger partial charge in [0.05, 0.1) is 12.6 Å². The highest BCUT2D eigenvalue weighted by atomic mass is 16.5. The van der Waals surface area contributed by atoms with Gasteiger partial charge < -0.3 is 14.6 Å². The van der Waals surface area contributed by atoms with Gasteiger partial charge in [0, 0.05) is 29.7 Å². The van der Waals surface area contributed by atoms with Crippen molar-refractivity contribution in [1.82, 2.24) is 4.98 Å². The van der Waals surface area contributed by atoms with E-state index in [-0.39, 0.29) is 23.3 Å². The number of allylic oxidation sites excluding steroid dienone is 3. The zero-order valence-corrected chi connectivity index (χ0v) is 19.0. The van der Waals surface area contributed by atoms with E-state index in [1.54, 1.807) is 0 Å². The molecule has 1 unspecified atom stereocenters. The number of likely N-dealkylation sites (N-methyl/N-ethyl adjacent to an activating group) is 1. The number of H-pyrrole nitrogens is 1. The van der Waals surface area contributed by atoms with Gasteiger partial charge in [0.1, 0.15) is 6.04 Å². The van der Waals surface area contributed by atoms with E-state index in [4.69, 9.17) is 4.74 Å². The molecule has 2 aromatic rings. The highest BCUT2D eigenvalue weighted by Crippen LogP contribution is 2.39. The number of nitrogens with zero attached hydrogens (tertiary/aromatic N) is 1. The van der Waals surface area contributed by atoms with Gasteiger partial charge in [0.2, 0.25) is 0 Å². The first-order chi connectivity index (χ1) is 13.7. The second-order valence-corrected chi connectivity index (χ2v) is 8.66. The minimum absolute atomic E-state index is 0.128. The molecule has 0 bridgehead atoms. The number of methoxy groups -OCH3 is 1. The van der Waals surface area contributed by atoms with Crippen LogP contribution < -0.4 is 4.90 Å². The Morgan fingerprint density at radius 3 is 2.55 bits per heavy atom. The van der Waals surface area contributed by atoms with Crippen molar-refractivity contribution in [2.45, 2.75) is 58.9 Å². The lowest BCUT2D eigenvalue weighted by Crippen LogP contribution is -2.43. The summed E-state index contributed by atoms with van der Waals surface area (Å²) in [6.45, 7) is 14.7. The van der Waals surface area contributed by atoms with Crippen molar-refractivity contribution in [2.24, 2.45) is 5.92 Å². The third-order valence-electron chi connectivity index (χ3n) is 5.85. The molecular weight excluding hydrogens is 360 g/mol.